The van der Waals surface area contributed by atoms with E-state index in [-0.39, 0.29) is 35.7 Å². The van der Waals surface area contributed by atoms with E-state index in [9.17, 15) is 18.0 Å². The van der Waals surface area contributed by atoms with Crippen LogP contribution in [0.25, 0.3) is 0 Å². The number of nitrogens with zero attached hydrogens (tertiary/aromatic N) is 2. The zero-order chi connectivity index (χ0) is 21.6. The Morgan fingerprint density at radius 2 is 1.83 bits per heavy atom. The van der Waals surface area contributed by atoms with Gasteiger partial charge in [0.2, 0.25) is 15.9 Å². The second-order valence-electron chi connectivity index (χ2n) is 6.98. The van der Waals surface area contributed by atoms with Gasteiger partial charge >= 0.3 is 0 Å². The largest absolute Gasteiger partial charge is 0.353 e. The van der Waals surface area contributed by atoms with Gasteiger partial charge in [-0.25, -0.2) is 13.1 Å². The van der Waals surface area contributed by atoms with Crippen molar-refractivity contribution in [1.29, 1.82) is 0 Å². The number of piperidine rings is 1. The van der Waals surface area contributed by atoms with Crippen LogP contribution < -0.4 is 10.0 Å². The maximum Gasteiger partial charge on any atom is 0.253 e. The van der Waals surface area contributed by atoms with E-state index < -0.39 is 10.0 Å². The number of sulfonamides is 1. The first kappa shape index (κ1) is 22.2. The van der Waals surface area contributed by atoms with Gasteiger partial charge in [-0.2, -0.15) is 0 Å². The number of likely N-dealkylation sites (tertiary alicyclic amines) is 1. The number of nitrogens with one attached hydrogen (secondary N) is 2. The number of carbonyl (C=O) groups excluding carboxylic acids is 2. The number of amides is 2. The highest BCUT2D eigenvalue weighted by atomic mass is 35.5. The minimum absolute atomic E-state index is 0.0138. The molecule has 0 bridgehead atoms. The Kier molecular flexibility index (Phi) is 7.41. The average molecular weight is 451 g/mol. The van der Waals surface area contributed by atoms with Crippen molar-refractivity contribution in [2.24, 2.45) is 0 Å². The first-order valence-corrected chi connectivity index (χ1v) is 11.5. The topological polar surface area (TPSA) is 108 Å². The summed E-state index contributed by atoms with van der Waals surface area (Å²) in [6.45, 7) is 1.08. The number of benzene rings is 1. The van der Waals surface area contributed by atoms with Crippen molar-refractivity contribution >= 4 is 33.4 Å². The van der Waals surface area contributed by atoms with Crippen LogP contribution in [0, 0.1) is 0 Å². The molecule has 1 fully saturated rings. The predicted octanol–water partition coefficient (Wildman–Crippen LogP) is 1.82. The molecule has 0 aliphatic carbocycles. The van der Waals surface area contributed by atoms with Gasteiger partial charge in [0.1, 0.15) is 0 Å². The Morgan fingerprint density at radius 1 is 1.13 bits per heavy atom. The second kappa shape index (κ2) is 10.0. The molecule has 8 nitrogen and oxygen atoms in total. The molecule has 1 aliphatic rings. The van der Waals surface area contributed by atoms with Gasteiger partial charge in [-0.3, -0.25) is 14.6 Å². The Labute approximate surface area is 180 Å². The van der Waals surface area contributed by atoms with Crippen molar-refractivity contribution < 1.29 is 18.0 Å². The van der Waals surface area contributed by atoms with E-state index >= 15 is 0 Å². The van der Waals surface area contributed by atoms with Crippen LogP contribution in [0.3, 0.4) is 0 Å². The van der Waals surface area contributed by atoms with Crippen molar-refractivity contribution in [3.05, 3.63) is 59.4 Å². The molecule has 160 valence electrons. The summed E-state index contributed by atoms with van der Waals surface area (Å²) in [6, 6.07) is 9.25. The summed E-state index contributed by atoms with van der Waals surface area (Å²) >= 11 is 5.82. The highest BCUT2D eigenvalue weighted by molar-refractivity contribution is 7.89. The molecule has 2 heterocycles. The average Bonchev–Trinajstić information content (AvgIpc) is 2.74. The maximum absolute atomic E-state index is 12.4. The van der Waals surface area contributed by atoms with Gasteiger partial charge in [0.05, 0.1) is 4.90 Å². The van der Waals surface area contributed by atoms with Crippen molar-refractivity contribution in [2.45, 2.75) is 30.2 Å². The molecule has 1 aromatic carbocycles. The minimum Gasteiger partial charge on any atom is -0.353 e. The summed E-state index contributed by atoms with van der Waals surface area (Å²) in [5.74, 6) is -0.277. The van der Waals surface area contributed by atoms with Gasteiger partial charge in [0.25, 0.3) is 5.91 Å². The molecule has 2 N–H and O–H groups in total. The highest BCUT2D eigenvalue weighted by Gasteiger charge is 2.24. The van der Waals surface area contributed by atoms with Gasteiger partial charge in [-0.05, 0) is 43.2 Å². The summed E-state index contributed by atoms with van der Waals surface area (Å²) in [5.41, 5.74) is 0.597. The molecule has 2 aromatic rings. The van der Waals surface area contributed by atoms with E-state index in [1.807, 2.05) is 0 Å². The van der Waals surface area contributed by atoms with Gasteiger partial charge < -0.3 is 10.2 Å². The number of carbonyl (C=O) groups is 2. The van der Waals surface area contributed by atoms with E-state index in [0.29, 0.717) is 36.5 Å². The van der Waals surface area contributed by atoms with E-state index in [2.05, 4.69) is 15.0 Å². The number of aromatic nitrogens is 1. The van der Waals surface area contributed by atoms with Crippen LogP contribution in [0.2, 0.25) is 5.02 Å². The van der Waals surface area contributed by atoms with E-state index in [4.69, 9.17) is 11.6 Å². The molecule has 0 unspecified atom stereocenters. The Bertz CT molecular complexity index is 993. The lowest BCUT2D eigenvalue weighted by atomic mass is 10.0. The Balaban J connectivity index is 1.40. The van der Waals surface area contributed by atoms with Crippen LogP contribution in [0.5, 0.6) is 0 Å². The molecule has 3 rings (SSSR count). The van der Waals surface area contributed by atoms with Gasteiger partial charge in [-0.15, -0.1) is 0 Å². The van der Waals surface area contributed by atoms with Crippen LogP contribution in [0.4, 0.5) is 0 Å². The molecule has 10 heteroatoms. The molecule has 0 radical (unpaired) electrons. The van der Waals surface area contributed by atoms with Gasteiger partial charge in [0, 0.05) is 55.1 Å². The number of hydrogen-bond acceptors (Lipinski definition) is 5. The van der Waals surface area contributed by atoms with Gasteiger partial charge in [-0.1, -0.05) is 17.7 Å². The summed E-state index contributed by atoms with van der Waals surface area (Å²) in [4.78, 5) is 30.3. The highest BCUT2D eigenvalue weighted by Crippen LogP contribution is 2.16. The molecular formula is C20H23ClN4O4S. The maximum atomic E-state index is 12.4. The third-order valence-corrected chi connectivity index (χ3v) is 6.52. The van der Waals surface area contributed by atoms with Crippen molar-refractivity contribution in [1.82, 2.24) is 19.9 Å². The van der Waals surface area contributed by atoms with Crippen molar-refractivity contribution in [3.8, 4) is 0 Å². The summed E-state index contributed by atoms with van der Waals surface area (Å²) in [6.07, 6.45) is 4.49. The number of rotatable bonds is 7. The molecule has 1 aromatic heterocycles. The van der Waals surface area contributed by atoms with Crippen LogP contribution in [0.15, 0.2) is 53.7 Å². The zero-order valence-electron chi connectivity index (χ0n) is 16.3. The lowest BCUT2D eigenvalue weighted by molar-refractivity contribution is -0.121. The Hall–Kier alpha value is -2.49. The van der Waals surface area contributed by atoms with E-state index in [1.54, 1.807) is 41.6 Å². The number of hydrogen-bond donors (Lipinski definition) is 2. The van der Waals surface area contributed by atoms with Crippen LogP contribution in [-0.2, 0) is 14.8 Å². The summed E-state index contributed by atoms with van der Waals surface area (Å²) in [5, 5.41) is 3.23. The first-order chi connectivity index (χ1) is 14.3. The third-order valence-electron chi connectivity index (χ3n) is 4.83. The molecule has 2 amide bonds. The molecule has 0 spiro atoms. The van der Waals surface area contributed by atoms with Crippen LogP contribution in [-0.4, -0.2) is 55.8 Å². The van der Waals surface area contributed by atoms with Crippen molar-refractivity contribution in [3.63, 3.8) is 0 Å². The fourth-order valence-corrected chi connectivity index (χ4v) is 4.55. The molecule has 30 heavy (non-hydrogen) atoms. The van der Waals surface area contributed by atoms with Crippen LogP contribution in [0.1, 0.15) is 29.6 Å². The normalized spacial score (nSPS) is 15.0. The summed E-state index contributed by atoms with van der Waals surface area (Å²) in [7, 11) is -3.72. The smallest absolute Gasteiger partial charge is 0.253 e. The van der Waals surface area contributed by atoms with E-state index in [0.717, 1.165) is 0 Å². The second-order valence-corrected chi connectivity index (χ2v) is 9.18. The van der Waals surface area contributed by atoms with Crippen molar-refractivity contribution in [2.75, 3.05) is 19.6 Å². The number of halogens is 1. The molecule has 0 saturated carbocycles. The monoisotopic (exact) mass is 450 g/mol. The molecule has 1 aliphatic heterocycles. The Morgan fingerprint density at radius 3 is 2.50 bits per heavy atom. The minimum atomic E-state index is -3.72. The van der Waals surface area contributed by atoms with Gasteiger partial charge in [0.15, 0.2) is 0 Å². The summed E-state index contributed by atoms with van der Waals surface area (Å²) < 4.78 is 26.9. The quantitative estimate of drug-likeness (QED) is 0.668. The fraction of sp³-hybridized carbons (Fsp3) is 0.350. The van der Waals surface area contributed by atoms with E-state index in [1.165, 1.54) is 12.1 Å². The standard InChI is InChI=1S/C20H23ClN4O4S/c21-16-2-1-3-18(14-16)30(28,29)23-11-6-19(26)24-17-7-12-25(13-8-17)20(27)15-4-9-22-10-5-15/h1-5,9-10,14,17,23H,6-8,11-13H2,(H,24,26). The lowest BCUT2D eigenvalue weighted by Crippen LogP contribution is -2.47. The molecular weight excluding hydrogens is 428 g/mol. The first-order valence-electron chi connectivity index (χ1n) is 9.59. The number of pyridine rings is 1. The lowest BCUT2D eigenvalue weighted by Gasteiger charge is -2.32. The predicted molar refractivity (Wildman–Crippen MR) is 113 cm³/mol. The fourth-order valence-electron chi connectivity index (χ4n) is 3.22. The van der Waals surface area contributed by atoms with Crippen LogP contribution >= 0.6 is 11.6 Å². The zero-order valence-corrected chi connectivity index (χ0v) is 17.8. The SMILES string of the molecule is O=C(CCNS(=O)(=O)c1cccc(Cl)c1)NC1CCN(C(=O)c2ccncc2)CC1. The molecule has 1 saturated heterocycles. The third kappa shape index (κ3) is 6.01. The molecule has 0 atom stereocenters.